The van der Waals surface area contributed by atoms with Gasteiger partial charge in [0.2, 0.25) is 0 Å². The van der Waals surface area contributed by atoms with Gasteiger partial charge in [0, 0.05) is 45.0 Å². The number of hydrogen-bond donors (Lipinski definition) is 0. The fourth-order valence-corrected chi connectivity index (χ4v) is 2.69. The average molecular weight is 339 g/mol. The van der Waals surface area contributed by atoms with Gasteiger partial charge >= 0.3 is 0 Å². The molecule has 8 nitrogen and oxygen atoms in total. The minimum atomic E-state index is -2.59. The van der Waals surface area contributed by atoms with Crippen LogP contribution in [0.15, 0.2) is 29.5 Å². The summed E-state index contributed by atoms with van der Waals surface area (Å²) in [4.78, 5) is 16.2. The highest BCUT2D eigenvalue weighted by Gasteiger charge is 2.18. The molecule has 0 unspecified atom stereocenters. The Morgan fingerprint density at radius 2 is 1.96 bits per heavy atom. The molecule has 2 aromatic rings. The zero-order valence-corrected chi connectivity index (χ0v) is 13.1. The molecule has 0 N–H and O–H groups in total. The van der Waals surface area contributed by atoms with Gasteiger partial charge in [-0.15, -0.1) is 5.10 Å². The van der Waals surface area contributed by atoms with Gasteiger partial charge < -0.3 is 4.90 Å². The summed E-state index contributed by atoms with van der Waals surface area (Å²) in [5.41, 5.74) is 0.183. The molecule has 0 saturated carbocycles. The maximum absolute atomic E-state index is 12.3. The van der Waals surface area contributed by atoms with E-state index in [2.05, 4.69) is 20.3 Å². The molecule has 1 aliphatic rings. The molecule has 24 heavy (non-hydrogen) atoms. The monoisotopic (exact) mass is 339 g/mol. The van der Waals surface area contributed by atoms with E-state index in [0.29, 0.717) is 5.69 Å². The van der Waals surface area contributed by atoms with Gasteiger partial charge in [0.25, 0.3) is 12.0 Å². The smallest absolute Gasteiger partial charge is 0.269 e. The summed E-state index contributed by atoms with van der Waals surface area (Å²) in [7, 11) is 0. The van der Waals surface area contributed by atoms with Crippen molar-refractivity contribution in [2.45, 2.75) is 19.5 Å². The molecule has 0 aliphatic carbocycles. The molecule has 1 fully saturated rings. The number of halogens is 2. The van der Waals surface area contributed by atoms with Crippen LogP contribution < -0.4 is 10.5 Å². The van der Waals surface area contributed by atoms with Crippen LogP contribution in [0.25, 0.3) is 0 Å². The van der Waals surface area contributed by atoms with Crippen LogP contribution in [0.4, 0.5) is 14.5 Å². The third-order valence-electron chi connectivity index (χ3n) is 4.02. The largest absolute Gasteiger partial charge is 0.368 e. The van der Waals surface area contributed by atoms with E-state index < -0.39 is 18.5 Å². The number of piperazine rings is 1. The summed E-state index contributed by atoms with van der Waals surface area (Å²) in [5.74, 6) is 0. The highest BCUT2D eigenvalue weighted by Crippen LogP contribution is 2.13. The first-order chi connectivity index (χ1) is 11.6. The topological polar surface area (TPSA) is 72.1 Å². The van der Waals surface area contributed by atoms with Gasteiger partial charge in [0.15, 0.2) is 0 Å². The standard InChI is InChI=1S/C14H19F2N7O/c15-13(16)11-23-14(24)9-12(10-18-23)21-6-3-20(4-7-21)5-8-22-2-1-17-19-22/h1-2,9-10,13H,3-8,11H2. The second kappa shape index (κ2) is 7.47. The summed E-state index contributed by atoms with van der Waals surface area (Å²) in [6, 6.07) is 1.38. The summed E-state index contributed by atoms with van der Waals surface area (Å²) < 4.78 is 27.3. The Bertz CT molecular complexity index is 695. The normalized spacial score (nSPS) is 16.0. The average Bonchev–Trinajstić information content (AvgIpc) is 3.08. The fourth-order valence-electron chi connectivity index (χ4n) is 2.69. The predicted octanol–water partition coefficient (Wildman–Crippen LogP) is -0.0779. The molecule has 1 aliphatic heterocycles. The molecule has 3 heterocycles. The van der Waals surface area contributed by atoms with Gasteiger partial charge in [0.05, 0.1) is 24.6 Å². The van der Waals surface area contributed by atoms with Crippen LogP contribution in [0.2, 0.25) is 0 Å². The molecule has 0 amide bonds. The lowest BCUT2D eigenvalue weighted by Crippen LogP contribution is -2.47. The van der Waals surface area contributed by atoms with Crippen LogP contribution in [0.5, 0.6) is 0 Å². The van der Waals surface area contributed by atoms with Crippen LogP contribution in [-0.4, -0.2) is 68.8 Å². The summed E-state index contributed by atoms with van der Waals surface area (Å²) in [6.45, 7) is 4.23. The zero-order chi connectivity index (χ0) is 16.9. The van der Waals surface area contributed by atoms with Crippen molar-refractivity contribution in [1.29, 1.82) is 0 Å². The first kappa shape index (κ1) is 16.5. The van der Waals surface area contributed by atoms with Crippen molar-refractivity contribution >= 4 is 5.69 Å². The third kappa shape index (κ3) is 4.13. The maximum atomic E-state index is 12.3. The van der Waals surface area contributed by atoms with E-state index in [4.69, 9.17) is 0 Å². The van der Waals surface area contributed by atoms with Crippen molar-refractivity contribution in [2.75, 3.05) is 37.6 Å². The molecule has 0 aromatic carbocycles. The van der Waals surface area contributed by atoms with Crippen LogP contribution in [0, 0.1) is 0 Å². The lowest BCUT2D eigenvalue weighted by molar-refractivity contribution is 0.119. The van der Waals surface area contributed by atoms with Gasteiger partial charge in [-0.25, -0.2) is 13.5 Å². The number of alkyl halides is 2. The molecule has 1 saturated heterocycles. The highest BCUT2D eigenvalue weighted by atomic mass is 19.3. The molecule has 0 radical (unpaired) electrons. The number of nitrogens with zero attached hydrogens (tertiary/aromatic N) is 7. The first-order valence-electron chi connectivity index (χ1n) is 7.78. The summed E-state index contributed by atoms with van der Waals surface area (Å²) in [5, 5.41) is 11.5. The Hall–Kier alpha value is -2.36. The van der Waals surface area contributed by atoms with Crippen molar-refractivity contribution in [3.63, 3.8) is 0 Å². The van der Waals surface area contributed by atoms with E-state index in [-0.39, 0.29) is 0 Å². The van der Waals surface area contributed by atoms with E-state index >= 15 is 0 Å². The van der Waals surface area contributed by atoms with Crippen LogP contribution in [-0.2, 0) is 13.1 Å². The number of aromatic nitrogens is 5. The van der Waals surface area contributed by atoms with E-state index in [0.717, 1.165) is 44.0 Å². The molecule has 2 aromatic heterocycles. The molecule has 10 heteroatoms. The molecule has 0 bridgehead atoms. The first-order valence-corrected chi connectivity index (χ1v) is 7.78. The van der Waals surface area contributed by atoms with Crippen molar-refractivity contribution in [3.8, 4) is 0 Å². The van der Waals surface area contributed by atoms with Gasteiger partial charge in [-0.3, -0.25) is 14.4 Å². The van der Waals surface area contributed by atoms with Crippen LogP contribution in [0.3, 0.4) is 0 Å². The fraction of sp³-hybridized carbons (Fsp3) is 0.571. The second-order valence-corrected chi connectivity index (χ2v) is 5.62. The molecule has 130 valence electrons. The summed E-state index contributed by atoms with van der Waals surface area (Å²) in [6.07, 6.45) is 2.38. The van der Waals surface area contributed by atoms with E-state index in [9.17, 15) is 13.6 Å². The van der Waals surface area contributed by atoms with Gasteiger partial charge in [-0.05, 0) is 0 Å². The molecular formula is C14H19F2N7O. The Morgan fingerprint density at radius 1 is 1.17 bits per heavy atom. The minimum Gasteiger partial charge on any atom is -0.368 e. The third-order valence-corrected chi connectivity index (χ3v) is 4.02. The van der Waals surface area contributed by atoms with Crippen molar-refractivity contribution < 1.29 is 8.78 Å². The van der Waals surface area contributed by atoms with Crippen LogP contribution >= 0.6 is 0 Å². The Kier molecular flexibility index (Phi) is 5.14. The van der Waals surface area contributed by atoms with E-state index in [1.165, 1.54) is 12.3 Å². The minimum absolute atomic E-state index is 0.499. The molecule has 3 rings (SSSR count). The van der Waals surface area contributed by atoms with Crippen molar-refractivity contribution in [1.82, 2.24) is 29.7 Å². The second-order valence-electron chi connectivity index (χ2n) is 5.62. The summed E-state index contributed by atoms with van der Waals surface area (Å²) >= 11 is 0. The predicted molar refractivity (Wildman–Crippen MR) is 83.2 cm³/mol. The van der Waals surface area contributed by atoms with E-state index in [1.54, 1.807) is 10.9 Å². The number of rotatable bonds is 6. The van der Waals surface area contributed by atoms with Crippen molar-refractivity contribution in [3.05, 3.63) is 35.0 Å². The van der Waals surface area contributed by atoms with Gasteiger partial charge in [-0.2, -0.15) is 5.10 Å². The molecule has 0 atom stereocenters. The lowest BCUT2D eigenvalue weighted by Gasteiger charge is -2.35. The molecular weight excluding hydrogens is 320 g/mol. The van der Waals surface area contributed by atoms with Crippen LogP contribution in [0.1, 0.15) is 0 Å². The Balaban J connectivity index is 1.52. The maximum Gasteiger partial charge on any atom is 0.269 e. The van der Waals surface area contributed by atoms with Crippen molar-refractivity contribution in [2.24, 2.45) is 0 Å². The SMILES string of the molecule is O=c1cc(N2CCN(CCn3ccnn3)CC2)cnn1CC(F)F. The van der Waals surface area contributed by atoms with E-state index in [1.807, 2.05) is 11.1 Å². The number of hydrogen-bond acceptors (Lipinski definition) is 6. The zero-order valence-electron chi connectivity index (χ0n) is 13.1. The van der Waals surface area contributed by atoms with Gasteiger partial charge in [0.1, 0.15) is 6.54 Å². The highest BCUT2D eigenvalue weighted by molar-refractivity contribution is 5.43. The number of anilines is 1. The Morgan fingerprint density at radius 3 is 2.58 bits per heavy atom. The quantitative estimate of drug-likeness (QED) is 0.733. The molecule has 0 spiro atoms. The lowest BCUT2D eigenvalue weighted by atomic mass is 10.3. The Labute approximate surface area is 137 Å². The van der Waals surface area contributed by atoms with Gasteiger partial charge in [-0.1, -0.05) is 5.21 Å².